The van der Waals surface area contributed by atoms with E-state index in [1.54, 1.807) is 11.7 Å². The third-order valence-electron chi connectivity index (χ3n) is 7.29. The lowest BCUT2D eigenvalue weighted by Gasteiger charge is -2.25. The molecule has 45 heavy (non-hydrogen) atoms. The van der Waals surface area contributed by atoms with Crippen LogP contribution in [0.2, 0.25) is 0 Å². The predicted octanol–water partition coefficient (Wildman–Crippen LogP) is 5.34. The number of hydrogen-bond donors (Lipinski definition) is 1. The van der Waals surface area contributed by atoms with Crippen molar-refractivity contribution in [3.05, 3.63) is 151 Å². The number of fused-ring (bicyclic) bond motifs is 1. The Bertz CT molecular complexity index is 2030. The molecule has 0 spiro atoms. The van der Waals surface area contributed by atoms with Crippen LogP contribution in [0.25, 0.3) is 6.08 Å². The van der Waals surface area contributed by atoms with Gasteiger partial charge in [0.05, 0.1) is 29.0 Å². The lowest BCUT2D eigenvalue weighted by Crippen LogP contribution is -2.40. The molecule has 0 saturated heterocycles. The van der Waals surface area contributed by atoms with Gasteiger partial charge in [-0.05, 0) is 48.9 Å². The fraction of sp³-hybridized carbons (Fsp3) is 0.139. The average molecular weight is 618 g/mol. The molecular formula is C36H31N3O5S. The molecule has 0 aliphatic carbocycles. The van der Waals surface area contributed by atoms with Gasteiger partial charge in [-0.25, -0.2) is 4.99 Å². The molecular weight excluding hydrogens is 586 g/mol. The molecule has 226 valence electrons. The molecule has 1 amide bonds. The summed E-state index contributed by atoms with van der Waals surface area (Å²) in [6, 6.07) is 33.1. The second kappa shape index (κ2) is 13.5. The second-order valence-corrected chi connectivity index (χ2v) is 11.2. The highest BCUT2D eigenvalue weighted by Gasteiger charge is 2.32. The van der Waals surface area contributed by atoms with Gasteiger partial charge < -0.3 is 19.5 Å². The number of allylic oxidation sites excluding steroid dienone is 1. The van der Waals surface area contributed by atoms with Crippen molar-refractivity contribution in [1.29, 1.82) is 0 Å². The molecule has 9 heteroatoms. The van der Waals surface area contributed by atoms with Crippen molar-refractivity contribution in [1.82, 2.24) is 4.57 Å². The van der Waals surface area contributed by atoms with Crippen LogP contribution in [0.5, 0.6) is 17.2 Å². The van der Waals surface area contributed by atoms with Gasteiger partial charge in [-0.1, -0.05) is 90.2 Å². The van der Waals surface area contributed by atoms with Crippen LogP contribution in [-0.4, -0.2) is 30.8 Å². The summed E-state index contributed by atoms with van der Waals surface area (Å²) in [6.07, 6.45) is 1.81. The molecule has 0 fully saturated rings. The fourth-order valence-corrected chi connectivity index (χ4v) is 6.23. The first kappa shape index (κ1) is 29.7. The van der Waals surface area contributed by atoms with Gasteiger partial charge in [0.25, 0.3) is 11.5 Å². The van der Waals surface area contributed by atoms with Gasteiger partial charge in [-0.15, -0.1) is 0 Å². The summed E-state index contributed by atoms with van der Waals surface area (Å²) in [5, 5.41) is 2.98. The van der Waals surface area contributed by atoms with Gasteiger partial charge in [0.15, 0.2) is 16.3 Å². The molecule has 0 radical (unpaired) electrons. The molecule has 1 aromatic heterocycles. The summed E-state index contributed by atoms with van der Waals surface area (Å²) in [6.45, 7) is 2.40. The summed E-state index contributed by atoms with van der Waals surface area (Å²) >= 11 is 1.28. The van der Waals surface area contributed by atoms with E-state index in [4.69, 9.17) is 19.2 Å². The minimum Gasteiger partial charge on any atom is -0.493 e. The SMILES string of the molecule is COc1ccccc1OCCOc1ccccc1/C=c1\sc2n(c1=O)[C@H](c1ccccc1)C(C(=O)Nc1ccccc1)=C(C)N=2. The number of hydrogen-bond acceptors (Lipinski definition) is 7. The van der Waals surface area contributed by atoms with E-state index in [9.17, 15) is 9.59 Å². The van der Waals surface area contributed by atoms with Crippen LogP contribution in [0.15, 0.2) is 130 Å². The summed E-state index contributed by atoms with van der Waals surface area (Å²) < 4.78 is 19.4. The monoisotopic (exact) mass is 617 g/mol. The number of thiazole rings is 1. The van der Waals surface area contributed by atoms with Crippen molar-refractivity contribution in [3.8, 4) is 17.2 Å². The van der Waals surface area contributed by atoms with E-state index in [1.807, 2.05) is 122 Å². The zero-order valence-electron chi connectivity index (χ0n) is 24.8. The molecule has 8 nitrogen and oxygen atoms in total. The maximum Gasteiger partial charge on any atom is 0.271 e. The van der Waals surface area contributed by atoms with Crippen LogP contribution in [0.1, 0.15) is 24.1 Å². The molecule has 2 heterocycles. The third kappa shape index (κ3) is 6.44. The summed E-state index contributed by atoms with van der Waals surface area (Å²) in [5.74, 6) is 1.60. The molecule has 1 aliphatic rings. The number of nitrogens with zero attached hydrogens (tertiary/aromatic N) is 2. The van der Waals surface area contributed by atoms with Crippen LogP contribution in [0.4, 0.5) is 5.69 Å². The first-order valence-electron chi connectivity index (χ1n) is 14.4. The van der Waals surface area contributed by atoms with E-state index < -0.39 is 6.04 Å². The highest BCUT2D eigenvalue weighted by Crippen LogP contribution is 2.31. The Hall–Kier alpha value is -5.41. The van der Waals surface area contributed by atoms with E-state index in [-0.39, 0.29) is 18.1 Å². The summed E-state index contributed by atoms with van der Waals surface area (Å²) in [5.41, 5.74) is 2.97. The van der Waals surface area contributed by atoms with Crippen molar-refractivity contribution in [2.45, 2.75) is 13.0 Å². The number of carbonyl (C=O) groups is 1. The smallest absolute Gasteiger partial charge is 0.271 e. The topological polar surface area (TPSA) is 91.2 Å². The normalized spacial score (nSPS) is 14.4. The molecule has 1 aliphatic heterocycles. The quantitative estimate of drug-likeness (QED) is 0.214. The number of para-hydroxylation sites is 4. The predicted molar refractivity (Wildman–Crippen MR) is 176 cm³/mol. The average Bonchev–Trinajstić information content (AvgIpc) is 3.37. The lowest BCUT2D eigenvalue weighted by molar-refractivity contribution is -0.113. The van der Waals surface area contributed by atoms with Gasteiger partial charge in [0.2, 0.25) is 0 Å². The number of benzene rings is 4. The minimum atomic E-state index is -0.646. The number of ether oxygens (including phenoxy) is 3. The number of carbonyl (C=O) groups excluding carboxylic acids is 1. The van der Waals surface area contributed by atoms with Gasteiger partial charge in [-0.2, -0.15) is 0 Å². The van der Waals surface area contributed by atoms with E-state index in [1.165, 1.54) is 11.3 Å². The van der Waals surface area contributed by atoms with Crippen molar-refractivity contribution in [2.75, 3.05) is 25.6 Å². The summed E-state index contributed by atoms with van der Waals surface area (Å²) in [7, 11) is 1.60. The number of methoxy groups -OCH3 is 1. The molecule has 0 bridgehead atoms. The molecule has 0 unspecified atom stereocenters. The molecule has 1 atom stereocenters. The summed E-state index contributed by atoms with van der Waals surface area (Å²) in [4.78, 5) is 33.0. The Morgan fingerprint density at radius 1 is 0.844 bits per heavy atom. The Kier molecular flexibility index (Phi) is 8.89. The largest absolute Gasteiger partial charge is 0.493 e. The van der Waals surface area contributed by atoms with Crippen LogP contribution in [-0.2, 0) is 4.79 Å². The van der Waals surface area contributed by atoms with E-state index in [2.05, 4.69) is 5.32 Å². The number of anilines is 1. The minimum absolute atomic E-state index is 0.237. The third-order valence-corrected chi connectivity index (χ3v) is 8.27. The van der Waals surface area contributed by atoms with Gasteiger partial charge >= 0.3 is 0 Å². The second-order valence-electron chi connectivity index (χ2n) is 10.2. The van der Waals surface area contributed by atoms with Gasteiger partial charge in [0, 0.05) is 11.3 Å². The zero-order chi connectivity index (χ0) is 31.2. The zero-order valence-corrected chi connectivity index (χ0v) is 25.6. The number of amides is 1. The standard InChI is InChI=1S/C36H31N3O5S/c1-24-32(34(40)38-27-16-7-4-8-17-27)33(25-13-5-3-6-14-25)39-35(41)31(45-36(39)37-24)23-26-15-9-10-18-28(26)43-21-22-44-30-20-12-11-19-29(30)42-2/h3-20,23,33H,21-22H2,1-2H3,(H,38,40)/b31-23-/t33-/m1/s1. The molecule has 4 aromatic carbocycles. The highest BCUT2D eigenvalue weighted by molar-refractivity contribution is 7.07. The number of aromatic nitrogens is 1. The van der Waals surface area contributed by atoms with Crippen LogP contribution in [0.3, 0.4) is 0 Å². The molecule has 6 rings (SSSR count). The fourth-order valence-electron chi connectivity index (χ4n) is 5.20. The Labute approximate surface area is 264 Å². The number of nitrogens with one attached hydrogen (secondary N) is 1. The Balaban J connectivity index is 1.31. The maximum atomic E-state index is 14.1. The van der Waals surface area contributed by atoms with E-state index in [0.717, 1.165) is 11.1 Å². The van der Waals surface area contributed by atoms with Crippen LogP contribution in [0, 0.1) is 0 Å². The number of rotatable bonds is 10. The van der Waals surface area contributed by atoms with Crippen molar-refractivity contribution in [2.24, 2.45) is 4.99 Å². The Morgan fingerprint density at radius 3 is 2.16 bits per heavy atom. The van der Waals surface area contributed by atoms with Gasteiger partial charge in [-0.3, -0.25) is 14.2 Å². The van der Waals surface area contributed by atoms with Crippen molar-refractivity contribution < 1.29 is 19.0 Å². The molecule has 5 aromatic rings. The maximum absolute atomic E-state index is 14.1. The Morgan fingerprint density at radius 2 is 1.44 bits per heavy atom. The van der Waals surface area contributed by atoms with E-state index in [0.29, 0.717) is 50.1 Å². The molecule has 1 N–H and O–H groups in total. The van der Waals surface area contributed by atoms with Gasteiger partial charge in [0.1, 0.15) is 19.0 Å². The highest BCUT2D eigenvalue weighted by atomic mass is 32.1. The first-order valence-corrected chi connectivity index (χ1v) is 15.3. The van der Waals surface area contributed by atoms with Crippen LogP contribution >= 0.6 is 11.3 Å². The molecule has 0 saturated carbocycles. The van der Waals surface area contributed by atoms with Crippen molar-refractivity contribution in [3.63, 3.8) is 0 Å². The van der Waals surface area contributed by atoms with Crippen molar-refractivity contribution >= 4 is 29.0 Å². The lowest BCUT2D eigenvalue weighted by atomic mass is 9.95. The van der Waals surface area contributed by atoms with Crippen LogP contribution < -0.4 is 34.4 Å². The first-order chi connectivity index (χ1) is 22.0. The van der Waals surface area contributed by atoms with E-state index >= 15 is 0 Å².